The van der Waals surface area contributed by atoms with Gasteiger partial charge in [0.2, 0.25) is 0 Å². The van der Waals surface area contributed by atoms with Gasteiger partial charge in [0.1, 0.15) is 5.82 Å². The molecule has 1 N–H and O–H groups in total. The number of rotatable bonds is 4. The summed E-state index contributed by atoms with van der Waals surface area (Å²) < 4.78 is 19.1. The minimum absolute atomic E-state index is 0.113. The fraction of sp³-hybridized carbons (Fsp3) is 0.538. The Labute approximate surface area is 106 Å². The zero-order valence-electron chi connectivity index (χ0n) is 9.93. The second-order valence-electron chi connectivity index (χ2n) is 4.71. The fourth-order valence-corrected chi connectivity index (χ4v) is 2.36. The first-order valence-corrected chi connectivity index (χ1v) is 6.26. The molecule has 0 spiro atoms. The summed E-state index contributed by atoms with van der Waals surface area (Å²) in [6.45, 7) is 4.05. The van der Waals surface area contributed by atoms with E-state index in [0.717, 1.165) is 26.0 Å². The van der Waals surface area contributed by atoms with Crippen LogP contribution in [0.25, 0.3) is 0 Å². The molecule has 0 aromatic heterocycles. The summed E-state index contributed by atoms with van der Waals surface area (Å²) in [5.74, 6) is -0.262. The second kappa shape index (κ2) is 5.34. The summed E-state index contributed by atoms with van der Waals surface area (Å²) >= 11 is 5.95. The van der Waals surface area contributed by atoms with Crippen molar-refractivity contribution in [3.8, 4) is 0 Å². The quantitative estimate of drug-likeness (QED) is 0.895. The highest BCUT2D eigenvalue weighted by atomic mass is 35.5. The Balaban J connectivity index is 1.90. The molecule has 1 aliphatic heterocycles. The Bertz CT molecular complexity index is 371. The van der Waals surface area contributed by atoms with E-state index in [4.69, 9.17) is 16.3 Å². The molecule has 94 valence electrons. The molecule has 0 amide bonds. The van der Waals surface area contributed by atoms with Gasteiger partial charge in [-0.2, -0.15) is 0 Å². The predicted octanol–water partition coefficient (Wildman–Crippen LogP) is 3.14. The third-order valence-corrected chi connectivity index (χ3v) is 3.52. The molecule has 1 saturated heterocycles. The van der Waals surface area contributed by atoms with Gasteiger partial charge >= 0.3 is 0 Å². The zero-order valence-corrected chi connectivity index (χ0v) is 10.7. The van der Waals surface area contributed by atoms with Gasteiger partial charge in [-0.1, -0.05) is 17.7 Å². The molecule has 1 aliphatic rings. The average Bonchev–Trinajstić information content (AvgIpc) is 2.70. The Kier molecular flexibility index (Phi) is 4.02. The molecular formula is C13H17ClFNO. The molecule has 0 aliphatic carbocycles. The molecule has 2 rings (SSSR count). The van der Waals surface area contributed by atoms with E-state index >= 15 is 0 Å². The van der Waals surface area contributed by atoms with Crippen molar-refractivity contribution < 1.29 is 9.13 Å². The van der Waals surface area contributed by atoms with Crippen LogP contribution in [0.15, 0.2) is 18.2 Å². The maximum Gasteiger partial charge on any atom is 0.129 e. The van der Waals surface area contributed by atoms with Crippen LogP contribution in [0.3, 0.4) is 0 Å². The van der Waals surface area contributed by atoms with Crippen LogP contribution in [0, 0.1) is 5.82 Å². The third kappa shape index (κ3) is 3.18. The van der Waals surface area contributed by atoms with E-state index in [9.17, 15) is 4.39 Å². The molecule has 1 heterocycles. The highest BCUT2D eigenvalue weighted by Crippen LogP contribution is 2.24. The monoisotopic (exact) mass is 257 g/mol. The van der Waals surface area contributed by atoms with E-state index in [1.165, 1.54) is 6.07 Å². The van der Waals surface area contributed by atoms with Gasteiger partial charge < -0.3 is 10.1 Å². The highest BCUT2D eigenvalue weighted by Gasteiger charge is 2.29. The van der Waals surface area contributed by atoms with Gasteiger partial charge in [0, 0.05) is 30.3 Å². The predicted molar refractivity (Wildman–Crippen MR) is 66.7 cm³/mol. The van der Waals surface area contributed by atoms with Crippen molar-refractivity contribution in [3.63, 3.8) is 0 Å². The van der Waals surface area contributed by atoms with Crippen molar-refractivity contribution in [2.75, 3.05) is 13.2 Å². The van der Waals surface area contributed by atoms with Crippen molar-refractivity contribution in [3.05, 3.63) is 34.6 Å². The summed E-state index contributed by atoms with van der Waals surface area (Å²) in [5.41, 5.74) is 0.410. The Hall–Kier alpha value is -0.640. The molecular weight excluding hydrogens is 241 g/mol. The average molecular weight is 258 g/mol. The minimum atomic E-state index is -0.262. The van der Waals surface area contributed by atoms with E-state index in [-0.39, 0.29) is 11.4 Å². The number of halogens is 2. The lowest BCUT2D eigenvalue weighted by Gasteiger charge is -2.23. The first kappa shape index (κ1) is 12.8. The van der Waals surface area contributed by atoms with Gasteiger partial charge in [0.05, 0.1) is 5.60 Å². The van der Waals surface area contributed by atoms with Crippen molar-refractivity contribution in [2.24, 2.45) is 0 Å². The Morgan fingerprint density at radius 1 is 1.53 bits per heavy atom. The molecule has 0 radical (unpaired) electrons. The second-order valence-corrected chi connectivity index (χ2v) is 5.11. The molecule has 4 heteroatoms. The van der Waals surface area contributed by atoms with Crippen molar-refractivity contribution in [2.45, 2.75) is 31.9 Å². The summed E-state index contributed by atoms with van der Waals surface area (Å²) in [7, 11) is 0. The zero-order chi connectivity index (χ0) is 12.3. The van der Waals surface area contributed by atoms with Crippen LogP contribution in [-0.4, -0.2) is 18.8 Å². The smallest absolute Gasteiger partial charge is 0.129 e. The van der Waals surface area contributed by atoms with Crippen molar-refractivity contribution >= 4 is 11.6 Å². The van der Waals surface area contributed by atoms with Gasteiger partial charge in [-0.15, -0.1) is 0 Å². The third-order valence-electron chi connectivity index (χ3n) is 3.16. The maximum atomic E-state index is 13.5. The number of nitrogens with one attached hydrogen (secondary N) is 1. The molecule has 1 aromatic carbocycles. The van der Waals surface area contributed by atoms with Crippen molar-refractivity contribution in [1.29, 1.82) is 0 Å². The molecule has 1 aromatic rings. The molecule has 1 unspecified atom stereocenters. The van der Waals surface area contributed by atoms with Crippen LogP contribution < -0.4 is 5.32 Å². The molecule has 0 saturated carbocycles. The normalized spacial score (nSPS) is 24.2. The summed E-state index contributed by atoms with van der Waals surface area (Å²) in [6.07, 6.45) is 2.14. The lowest BCUT2D eigenvalue weighted by molar-refractivity contribution is 0.0206. The number of benzene rings is 1. The van der Waals surface area contributed by atoms with E-state index in [1.807, 2.05) is 0 Å². The number of hydrogen-bond donors (Lipinski definition) is 1. The summed E-state index contributed by atoms with van der Waals surface area (Å²) in [4.78, 5) is 0. The summed E-state index contributed by atoms with van der Waals surface area (Å²) in [5, 5.41) is 3.68. The first-order valence-electron chi connectivity index (χ1n) is 5.88. The van der Waals surface area contributed by atoms with Gasteiger partial charge in [0.15, 0.2) is 0 Å². The summed E-state index contributed by atoms with van der Waals surface area (Å²) in [6, 6.07) is 4.74. The lowest BCUT2D eigenvalue weighted by atomic mass is 10.0. The molecule has 0 bridgehead atoms. The van der Waals surface area contributed by atoms with Gasteiger partial charge in [-0.25, -0.2) is 4.39 Å². The fourth-order valence-electron chi connectivity index (χ4n) is 2.13. The van der Waals surface area contributed by atoms with Gasteiger partial charge in [0.25, 0.3) is 0 Å². The Morgan fingerprint density at radius 3 is 3.00 bits per heavy atom. The van der Waals surface area contributed by atoms with Crippen molar-refractivity contribution in [1.82, 2.24) is 5.32 Å². The number of hydrogen-bond acceptors (Lipinski definition) is 2. The van der Waals surface area contributed by atoms with Gasteiger partial charge in [-0.3, -0.25) is 0 Å². The van der Waals surface area contributed by atoms with Crippen LogP contribution in [0.4, 0.5) is 4.39 Å². The van der Waals surface area contributed by atoms with E-state index in [0.29, 0.717) is 17.1 Å². The van der Waals surface area contributed by atoms with E-state index in [2.05, 4.69) is 12.2 Å². The standard InChI is InChI=1S/C13H17ClFNO/c1-13(6-3-7-17-13)9-16-8-10-11(14)4-2-5-12(10)15/h2,4-5,16H,3,6-9H2,1H3. The van der Waals surface area contributed by atoms with Crippen LogP contribution in [0.1, 0.15) is 25.3 Å². The van der Waals surface area contributed by atoms with E-state index < -0.39 is 0 Å². The minimum Gasteiger partial charge on any atom is -0.374 e. The van der Waals surface area contributed by atoms with Crippen LogP contribution >= 0.6 is 11.6 Å². The van der Waals surface area contributed by atoms with Crippen LogP contribution in [0.2, 0.25) is 5.02 Å². The SMILES string of the molecule is CC1(CNCc2c(F)cccc2Cl)CCCO1. The highest BCUT2D eigenvalue weighted by molar-refractivity contribution is 6.31. The topological polar surface area (TPSA) is 21.3 Å². The lowest BCUT2D eigenvalue weighted by Crippen LogP contribution is -2.37. The Morgan fingerprint density at radius 2 is 2.35 bits per heavy atom. The maximum absolute atomic E-state index is 13.5. The first-order chi connectivity index (χ1) is 8.11. The molecule has 2 nitrogen and oxygen atoms in total. The molecule has 17 heavy (non-hydrogen) atoms. The van der Waals surface area contributed by atoms with Crippen LogP contribution in [0.5, 0.6) is 0 Å². The number of ether oxygens (including phenoxy) is 1. The molecule has 1 atom stereocenters. The van der Waals surface area contributed by atoms with E-state index in [1.54, 1.807) is 12.1 Å². The van der Waals surface area contributed by atoms with Gasteiger partial charge in [-0.05, 0) is 31.9 Å². The largest absolute Gasteiger partial charge is 0.374 e. The molecule has 1 fully saturated rings. The van der Waals surface area contributed by atoms with Crippen LogP contribution in [-0.2, 0) is 11.3 Å².